The number of nitrogens with one attached hydrogen (secondary N) is 1. The summed E-state index contributed by atoms with van der Waals surface area (Å²) >= 11 is 0. The van der Waals surface area contributed by atoms with E-state index < -0.39 is 6.04 Å². The minimum Gasteiger partial charge on any atom is -0.464 e. The summed E-state index contributed by atoms with van der Waals surface area (Å²) in [7, 11) is 0. The highest BCUT2D eigenvalue weighted by atomic mass is 16.5. The SMILES string of the molecule is CCOC(=O)C(C)Nc1nnnn1-c1ccccc1. The number of para-hydroxylation sites is 1. The second-order valence-corrected chi connectivity index (χ2v) is 3.87. The average molecular weight is 261 g/mol. The van der Waals surface area contributed by atoms with Crippen LogP contribution < -0.4 is 5.32 Å². The van der Waals surface area contributed by atoms with E-state index in [0.717, 1.165) is 5.69 Å². The van der Waals surface area contributed by atoms with Gasteiger partial charge < -0.3 is 10.1 Å². The Morgan fingerprint density at radius 3 is 2.84 bits per heavy atom. The Morgan fingerprint density at radius 1 is 1.42 bits per heavy atom. The van der Waals surface area contributed by atoms with Gasteiger partial charge in [0.15, 0.2) is 0 Å². The van der Waals surface area contributed by atoms with Crippen LogP contribution in [-0.2, 0) is 9.53 Å². The molecule has 0 spiro atoms. The number of hydrogen-bond donors (Lipinski definition) is 1. The Balaban J connectivity index is 2.15. The molecule has 1 atom stereocenters. The smallest absolute Gasteiger partial charge is 0.328 e. The number of benzene rings is 1. The molecule has 1 aromatic heterocycles. The van der Waals surface area contributed by atoms with E-state index in [0.29, 0.717) is 12.6 Å². The molecule has 2 aromatic rings. The Morgan fingerprint density at radius 2 is 2.16 bits per heavy atom. The Bertz CT molecular complexity index is 540. The van der Waals surface area contributed by atoms with Gasteiger partial charge in [0.2, 0.25) is 5.95 Å². The van der Waals surface area contributed by atoms with Gasteiger partial charge in [-0.3, -0.25) is 0 Å². The van der Waals surface area contributed by atoms with Crippen molar-refractivity contribution in [3.8, 4) is 5.69 Å². The summed E-state index contributed by atoms with van der Waals surface area (Å²) in [6.45, 7) is 3.80. The van der Waals surface area contributed by atoms with Crippen LogP contribution in [0.5, 0.6) is 0 Å². The predicted molar refractivity (Wildman–Crippen MR) is 68.9 cm³/mol. The Labute approximate surface area is 110 Å². The van der Waals surface area contributed by atoms with Crippen molar-refractivity contribution in [2.75, 3.05) is 11.9 Å². The van der Waals surface area contributed by atoms with Gasteiger partial charge in [-0.05, 0) is 36.4 Å². The van der Waals surface area contributed by atoms with Gasteiger partial charge >= 0.3 is 5.97 Å². The molecule has 0 aliphatic carbocycles. The number of tetrazole rings is 1. The van der Waals surface area contributed by atoms with Crippen molar-refractivity contribution < 1.29 is 9.53 Å². The molecule has 0 saturated heterocycles. The number of carbonyl (C=O) groups is 1. The van der Waals surface area contributed by atoms with Gasteiger partial charge in [-0.1, -0.05) is 23.3 Å². The molecular formula is C12H15N5O2. The first-order valence-electron chi connectivity index (χ1n) is 5.99. The minimum absolute atomic E-state index is 0.342. The zero-order valence-corrected chi connectivity index (χ0v) is 10.8. The fourth-order valence-electron chi connectivity index (χ4n) is 1.54. The number of anilines is 1. The third-order valence-electron chi connectivity index (χ3n) is 2.46. The number of ether oxygens (including phenoxy) is 1. The Kier molecular flexibility index (Phi) is 4.07. The van der Waals surface area contributed by atoms with Crippen molar-refractivity contribution >= 4 is 11.9 Å². The van der Waals surface area contributed by atoms with Crippen molar-refractivity contribution in [2.24, 2.45) is 0 Å². The summed E-state index contributed by atoms with van der Waals surface area (Å²) in [5.41, 5.74) is 0.811. The standard InChI is InChI=1S/C12H15N5O2/c1-3-19-11(18)9(2)13-12-14-15-16-17(12)10-7-5-4-6-8-10/h4-9H,3H2,1-2H3,(H,13,14,16). The van der Waals surface area contributed by atoms with Crippen molar-refractivity contribution in [1.82, 2.24) is 20.2 Å². The minimum atomic E-state index is -0.520. The lowest BCUT2D eigenvalue weighted by atomic mass is 10.3. The third kappa shape index (κ3) is 3.06. The number of rotatable bonds is 5. The molecule has 2 rings (SSSR count). The fourth-order valence-corrected chi connectivity index (χ4v) is 1.54. The van der Waals surface area contributed by atoms with Crippen molar-refractivity contribution in [1.29, 1.82) is 0 Å². The molecule has 0 fully saturated rings. The number of aromatic nitrogens is 4. The van der Waals surface area contributed by atoms with E-state index in [1.165, 1.54) is 4.68 Å². The number of carbonyl (C=O) groups excluding carboxylic acids is 1. The van der Waals surface area contributed by atoms with E-state index >= 15 is 0 Å². The van der Waals surface area contributed by atoms with E-state index in [2.05, 4.69) is 20.8 Å². The van der Waals surface area contributed by atoms with Gasteiger partial charge in [-0.2, -0.15) is 4.68 Å². The fraction of sp³-hybridized carbons (Fsp3) is 0.333. The molecule has 7 nitrogen and oxygen atoms in total. The summed E-state index contributed by atoms with van der Waals surface area (Å²) in [5, 5.41) is 14.3. The normalized spacial score (nSPS) is 11.9. The topological polar surface area (TPSA) is 81.9 Å². The molecule has 0 bridgehead atoms. The number of nitrogens with zero attached hydrogens (tertiary/aromatic N) is 4. The van der Waals surface area contributed by atoms with E-state index in [1.807, 2.05) is 30.3 Å². The highest BCUT2D eigenvalue weighted by molar-refractivity contribution is 5.78. The number of hydrogen-bond acceptors (Lipinski definition) is 6. The molecule has 0 saturated carbocycles. The first-order valence-corrected chi connectivity index (χ1v) is 5.99. The summed E-state index contributed by atoms with van der Waals surface area (Å²) in [5.74, 6) is 0.0527. The molecule has 7 heteroatoms. The van der Waals surface area contributed by atoms with Crippen molar-refractivity contribution in [3.05, 3.63) is 30.3 Å². The van der Waals surface area contributed by atoms with Gasteiger partial charge in [0.25, 0.3) is 0 Å². The quantitative estimate of drug-likeness (QED) is 0.809. The summed E-state index contributed by atoms with van der Waals surface area (Å²) in [6.07, 6.45) is 0. The van der Waals surface area contributed by atoms with Gasteiger partial charge in [0.05, 0.1) is 12.3 Å². The average Bonchev–Trinajstić information content (AvgIpc) is 2.88. The molecule has 1 aromatic carbocycles. The molecule has 19 heavy (non-hydrogen) atoms. The maximum Gasteiger partial charge on any atom is 0.328 e. The van der Waals surface area contributed by atoms with E-state index in [-0.39, 0.29) is 5.97 Å². The maximum atomic E-state index is 11.6. The molecule has 0 aliphatic rings. The van der Waals surface area contributed by atoms with Gasteiger partial charge in [-0.25, -0.2) is 4.79 Å². The van der Waals surface area contributed by atoms with E-state index in [4.69, 9.17) is 4.74 Å². The van der Waals surface area contributed by atoms with Crippen LogP contribution in [0.2, 0.25) is 0 Å². The lowest BCUT2D eigenvalue weighted by Gasteiger charge is -2.12. The molecule has 100 valence electrons. The largest absolute Gasteiger partial charge is 0.464 e. The molecule has 1 N–H and O–H groups in total. The molecule has 0 aliphatic heterocycles. The zero-order chi connectivity index (χ0) is 13.7. The lowest BCUT2D eigenvalue weighted by molar-refractivity contribution is -0.143. The number of esters is 1. The third-order valence-corrected chi connectivity index (χ3v) is 2.46. The predicted octanol–water partition coefficient (Wildman–Crippen LogP) is 1.03. The van der Waals surface area contributed by atoms with Crippen LogP contribution in [0.1, 0.15) is 13.8 Å². The second kappa shape index (κ2) is 5.94. The summed E-state index contributed by atoms with van der Waals surface area (Å²) < 4.78 is 6.44. The highest BCUT2D eigenvalue weighted by Crippen LogP contribution is 2.11. The van der Waals surface area contributed by atoms with Gasteiger partial charge in [0, 0.05) is 0 Å². The molecule has 1 heterocycles. The molecule has 0 amide bonds. The van der Waals surface area contributed by atoms with Crippen LogP contribution in [0.15, 0.2) is 30.3 Å². The molecular weight excluding hydrogens is 246 g/mol. The van der Waals surface area contributed by atoms with Crippen LogP contribution in [0.3, 0.4) is 0 Å². The summed E-state index contributed by atoms with van der Waals surface area (Å²) in [4.78, 5) is 11.6. The monoisotopic (exact) mass is 261 g/mol. The molecule has 1 unspecified atom stereocenters. The van der Waals surface area contributed by atoms with Crippen LogP contribution in [0, 0.1) is 0 Å². The van der Waals surface area contributed by atoms with Crippen LogP contribution in [0.25, 0.3) is 5.69 Å². The molecule has 0 radical (unpaired) electrons. The van der Waals surface area contributed by atoms with Crippen LogP contribution >= 0.6 is 0 Å². The van der Waals surface area contributed by atoms with Crippen LogP contribution in [-0.4, -0.2) is 38.8 Å². The van der Waals surface area contributed by atoms with E-state index in [1.54, 1.807) is 13.8 Å². The first-order chi connectivity index (χ1) is 9.22. The highest BCUT2D eigenvalue weighted by Gasteiger charge is 2.17. The van der Waals surface area contributed by atoms with Crippen molar-refractivity contribution in [2.45, 2.75) is 19.9 Å². The lowest BCUT2D eigenvalue weighted by Crippen LogP contribution is -2.29. The van der Waals surface area contributed by atoms with Crippen molar-refractivity contribution in [3.63, 3.8) is 0 Å². The maximum absolute atomic E-state index is 11.6. The first kappa shape index (κ1) is 13.0. The van der Waals surface area contributed by atoms with E-state index in [9.17, 15) is 4.79 Å². The van der Waals surface area contributed by atoms with Gasteiger partial charge in [0.1, 0.15) is 6.04 Å². The van der Waals surface area contributed by atoms with Crippen LogP contribution in [0.4, 0.5) is 5.95 Å². The Hall–Kier alpha value is -2.44. The van der Waals surface area contributed by atoms with Gasteiger partial charge in [-0.15, -0.1) is 0 Å². The second-order valence-electron chi connectivity index (χ2n) is 3.87. The summed E-state index contributed by atoms with van der Waals surface area (Å²) in [6, 6.07) is 8.90. The zero-order valence-electron chi connectivity index (χ0n) is 10.8.